The Morgan fingerprint density at radius 3 is 3.04 bits per heavy atom. The SMILES string of the molecule is CCOC(=O)Nc1nc2c(s1)CN(C(=O)c1cc3ccccc3[nH]1)CC2. The second kappa shape index (κ2) is 6.80. The summed E-state index contributed by atoms with van der Waals surface area (Å²) in [6.45, 7) is 3.15. The van der Waals surface area contributed by atoms with Gasteiger partial charge in [-0.3, -0.25) is 10.1 Å². The summed E-state index contributed by atoms with van der Waals surface area (Å²) in [6, 6.07) is 9.71. The molecule has 1 aliphatic rings. The van der Waals surface area contributed by atoms with Gasteiger partial charge in [-0.05, 0) is 19.1 Å². The van der Waals surface area contributed by atoms with Gasteiger partial charge in [-0.1, -0.05) is 29.5 Å². The van der Waals surface area contributed by atoms with Crippen LogP contribution in [0.4, 0.5) is 9.93 Å². The van der Waals surface area contributed by atoms with Crippen LogP contribution in [0.5, 0.6) is 0 Å². The van der Waals surface area contributed by atoms with Crippen molar-refractivity contribution in [2.75, 3.05) is 18.5 Å². The van der Waals surface area contributed by atoms with Crippen LogP contribution in [0.15, 0.2) is 30.3 Å². The number of carbonyl (C=O) groups is 2. The molecule has 134 valence electrons. The Hall–Kier alpha value is -2.87. The number of hydrogen-bond acceptors (Lipinski definition) is 5. The predicted octanol–water partition coefficient (Wildman–Crippen LogP) is 3.39. The van der Waals surface area contributed by atoms with E-state index in [0.29, 0.717) is 36.9 Å². The molecule has 26 heavy (non-hydrogen) atoms. The van der Waals surface area contributed by atoms with Gasteiger partial charge >= 0.3 is 6.09 Å². The third-order valence-corrected chi connectivity index (χ3v) is 5.26. The number of aromatic nitrogens is 2. The van der Waals surface area contributed by atoms with E-state index in [1.54, 1.807) is 11.8 Å². The first-order valence-corrected chi connectivity index (χ1v) is 9.25. The summed E-state index contributed by atoms with van der Waals surface area (Å²) in [5, 5.41) is 4.16. The number of nitrogens with zero attached hydrogens (tertiary/aromatic N) is 2. The van der Waals surface area contributed by atoms with Crippen LogP contribution in [0.3, 0.4) is 0 Å². The zero-order valence-electron chi connectivity index (χ0n) is 14.2. The summed E-state index contributed by atoms with van der Waals surface area (Å²) in [5.41, 5.74) is 2.47. The molecule has 0 atom stereocenters. The summed E-state index contributed by atoms with van der Waals surface area (Å²) in [4.78, 5) is 34.8. The normalized spacial score (nSPS) is 13.5. The van der Waals surface area contributed by atoms with Crippen LogP contribution in [-0.2, 0) is 17.7 Å². The van der Waals surface area contributed by atoms with E-state index in [2.05, 4.69) is 15.3 Å². The number of aromatic amines is 1. The summed E-state index contributed by atoms with van der Waals surface area (Å²) in [6.07, 6.45) is 0.159. The van der Waals surface area contributed by atoms with Gasteiger partial charge in [0, 0.05) is 28.7 Å². The lowest BCUT2D eigenvalue weighted by molar-refractivity contribution is 0.0731. The smallest absolute Gasteiger partial charge is 0.413 e. The fourth-order valence-corrected chi connectivity index (χ4v) is 4.05. The number of para-hydroxylation sites is 1. The average molecular weight is 370 g/mol. The molecule has 1 aromatic carbocycles. The molecule has 3 aromatic rings. The number of carbonyl (C=O) groups excluding carboxylic acids is 2. The predicted molar refractivity (Wildman–Crippen MR) is 99.5 cm³/mol. The van der Waals surface area contributed by atoms with E-state index < -0.39 is 6.09 Å². The van der Waals surface area contributed by atoms with Crippen LogP contribution < -0.4 is 5.32 Å². The van der Waals surface area contributed by atoms with Crippen molar-refractivity contribution in [3.05, 3.63) is 46.6 Å². The molecular formula is C18H18N4O3S. The zero-order valence-corrected chi connectivity index (χ0v) is 15.1. The van der Waals surface area contributed by atoms with Gasteiger partial charge in [0.05, 0.1) is 18.8 Å². The lowest BCUT2D eigenvalue weighted by atomic mass is 10.1. The molecular weight excluding hydrogens is 352 g/mol. The number of ether oxygens (including phenoxy) is 1. The minimum atomic E-state index is -0.510. The topological polar surface area (TPSA) is 87.3 Å². The van der Waals surface area contributed by atoms with E-state index in [-0.39, 0.29) is 5.91 Å². The van der Waals surface area contributed by atoms with E-state index in [0.717, 1.165) is 21.5 Å². The van der Waals surface area contributed by atoms with Gasteiger partial charge in [-0.25, -0.2) is 9.78 Å². The van der Waals surface area contributed by atoms with Gasteiger partial charge in [0.15, 0.2) is 5.13 Å². The summed E-state index contributed by atoms with van der Waals surface area (Å²) >= 11 is 1.38. The molecule has 8 heteroatoms. The summed E-state index contributed by atoms with van der Waals surface area (Å²) in [5.74, 6) is -0.0276. The highest BCUT2D eigenvalue weighted by Gasteiger charge is 2.26. The van der Waals surface area contributed by atoms with Crippen LogP contribution in [0.25, 0.3) is 10.9 Å². The van der Waals surface area contributed by atoms with Crippen molar-refractivity contribution in [1.29, 1.82) is 0 Å². The van der Waals surface area contributed by atoms with E-state index in [1.807, 2.05) is 30.3 Å². The largest absolute Gasteiger partial charge is 0.450 e. The van der Waals surface area contributed by atoms with Gasteiger partial charge in [0.25, 0.3) is 5.91 Å². The zero-order chi connectivity index (χ0) is 18.1. The van der Waals surface area contributed by atoms with Crippen LogP contribution in [-0.4, -0.2) is 40.0 Å². The Balaban J connectivity index is 1.50. The maximum atomic E-state index is 12.8. The first-order valence-electron chi connectivity index (χ1n) is 8.43. The van der Waals surface area contributed by atoms with E-state index in [9.17, 15) is 9.59 Å². The third kappa shape index (κ3) is 3.15. The number of amides is 2. The number of hydrogen-bond donors (Lipinski definition) is 2. The van der Waals surface area contributed by atoms with Crippen molar-refractivity contribution in [2.45, 2.75) is 19.9 Å². The van der Waals surface area contributed by atoms with Gasteiger partial charge in [-0.2, -0.15) is 0 Å². The molecule has 1 aliphatic heterocycles. The number of H-pyrrole nitrogens is 1. The Bertz CT molecular complexity index is 945. The highest BCUT2D eigenvalue weighted by molar-refractivity contribution is 7.15. The van der Waals surface area contributed by atoms with Crippen LogP contribution in [0.1, 0.15) is 28.0 Å². The molecule has 3 heterocycles. The number of thiazole rings is 1. The molecule has 2 aromatic heterocycles. The molecule has 0 unspecified atom stereocenters. The molecule has 0 aliphatic carbocycles. The minimum Gasteiger partial charge on any atom is -0.450 e. The highest BCUT2D eigenvalue weighted by Crippen LogP contribution is 2.29. The quantitative estimate of drug-likeness (QED) is 0.740. The minimum absolute atomic E-state index is 0.0276. The molecule has 0 spiro atoms. The van der Waals surface area contributed by atoms with Crippen molar-refractivity contribution in [1.82, 2.24) is 14.9 Å². The molecule has 4 rings (SSSR count). The van der Waals surface area contributed by atoms with E-state index in [1.165, 1.54) is 11.3 Å². The van der Waals surface area contributed by atoms with Gasteiger partial charge in [0.1, 0.15) is 5.69 Å². The van der Waals surface area contributed by atoms with Crippen LogP contribution >= 0.6 is 11.3 Å². The Morgan fingerprint density at radius 2 is 2.23 bits per heavy atom. The molecule has 0 bridgehead atoms. The summed E-state index contributed by atoms with van der Waals surface area (Å²) in [7, 11) is 0. The molecule has 0 saturated heterocycles. The third-order valence-electron chi connectivity index (χ3n) is 4.26. The highest BCUT2D eigenvalue weighted by atomic mass is 32.1. The fraction of sp³-hybridized carbons (Fsp3) is 0.278. The van der Waals surface area contributed by atoms with E-state index >= 15 is 0 Å². The second-order valence-corrected chi connectivity index (χ2v) is 7.06. The van der Waals surface area contributed by atoms with Crippen molar-refractivity contribution in [2.24, 2.45) is 0 Å². The average Bonchev–Trinajstić information content (AvgIpc) is 3.23. The Morgan fingerprint density at radius 1 is 1.38 bits per heavy atom. The second-order valence-electron chi connectivity index (χ2n) is 5.98. The standard InChI is InChI=1S/C18H18N4O3S/c1-2-25-18(24)21-17-20-13-7-8-22(10-15(13)26-17)16(23)14-9-11-5-3-4-6-12(11)19-14/h3-6,9,19H,2,7-8,10H2,1H3,(H,20,21,24). The number of nitrogens with one attached hydrogen (secondary N) is 2. The number of anilines is 1. The Labute approximate surface area is 154 Å². The van der Waals surface area contributed by atoms with Crippen molar-refractivity contribution in [3.63, 3.8) is 0 Å². The molecule has 2 amide bonds. The molecule has 7 nitrogen and oxygen atoms in total. The number of fused-ring (bicyclic) bond motifs is 2. The summed E-state index contributed by atoms with van der Waals surface area (Å²) < 4.78 is 4.87. The lowest BCUT2D eigenvalue weighted by Gasteiger charge is -2.25. The van der Waals surface area contributed by atoms with E-state index in [4.69, 9.17) is 4.74 Å². The van der Waals surface area contributed by atoms with Crippen LogP contribution in [0, 0.1) is 0 Å². The fourth-order valence-electron chi connectivity index (χ4n) is 3.04. The van der Waals surface area contributed by atoms with Crippen LogP contribution in [0.2, 0.25) is 0 Å². The monoisotopic (exact) mass is 370 g/mol. The molecule has 0 radical (unpaired) electrons. The Kier molecular flexibility index (Phi) is 4.34. The van der Waals surface area contributed by atoms with Crippen molar-refractivity contribution < 1.29 is 14.3 Å². The molecule has 0 fully saturated rings. The first-order chi connectivity index (χ1) is 12.6. The molecule has 0 saturated carbocycles. The number of rotatable bonds is 3. The maximum Gasteiger partial charge on any atom is 0.413 e. The maximum absolute atomic E-state index is 12.8. The lowest BCUT2D eigenvalue weighted by Crippen LogP contribution is -2.35. The van der Waals surface area contributed by atoms with Gasteiger partial charge in [0.2, 0.25) is 0 Å². The van der Waals surface area contributed by atoms with Crippen molar-refractivity contribution >= 4 is 39.4 Å². The number of benzene rings is 1. The molecule has 2 N–H and O–H groups in total. The van der Waals surface area contributed by atoms with Crippen molar-refractivity contribution in [3.8, 4) is 0 Å². The van der Waals surface area contributed by atoms with Gasteiger partial charge < -0.3 is 14.6 Å². The van der Waals surface area contributed by atoms with Gasteiger partial charge in [-0.15, -0.1) is 0 Å². The first kappa shape index (κ1) is 16.6.